The van der Waals surface area contributed by atoms with Crippen LogP contribution in [0.4, 0.5) is 0 Å². The Kier molecular flexibility index (Phi) is 7.91. The van der Waals surface area contributed by atoms with Crippen LogP contribution in [0.3, 0.4) is 0 Å². The minimum Gasteiger partial charge on any atom is -0.382 e. The van der Waals surface area contributed by atoms with Crippen molar-refractivity contribution in [1.82, 2.24) is 15.0 Å². The molecule has 1 heterocycles. The SMILES string of the molecule is COCCOCCNS(=O)(=O)c1c[nH]c(CNC(C)C)c1. The van der Waals surface area contributed by atoms with Crippen LogP contribution in [0, 0.1) is 0 Å². The number of methoxy groups -OCH3 is 1. The van der Waals surface area contributed by atoms with Crippen molar-refractivity contribution >= 4 is 10.0 Å². The second kappa shape index (κ2) is 9.16. The highest BCUT2D eigenvalue weighted by Crippen LogP contribution is 2.10. The molecule has 0 aliphatic rings. The summed E-state index contributed by atoms with van der Waals surface area (Å²) in [6.45, 7) is 6.17. The van der Waals surface area contributed by atoms with E-state index < -0.39 is 10.0 Å². The van der Waals surface area contributed by atoms with Gasteiger partial charge in [-0.05, 0) is 6.07 Å². The van der Waals surface area contributed by atoms with Gasteiger partial charge in [0.1, 0.15) is 0 Å². The maximum Gasteiger partial charge on any atom is 0.242 e. The predicted molar refractivity (Wildman–Crippen MR) is 80.7 cm³/mol. The first-order chi connectivity index (χ1) is 9.95. The third kappa shape index (κ3) is 7.05. The summed E-state index contributed by atoms with van der Waals surface area (Å²) in [4.78, 5) is 3.19. The average molecular weight is 319 g/mol. The van der Waals surface area contributed by atoms with Crippen LogP contribution in [0.1, 0.15) is 19.5 Å². The fourth-order valence-corrected chi connectivity index (χ4v) is 2.60. The molecule has 0 aliphatic heterocycles. The van der Waals surface area contributed by atoms with Crippen molar-refractivity contribution in [2.24, 2.45) is 0 Å². The Morgan fingerprint density at radius 1 is 1.29 bits per heavy atom. The Morgan fingerprint density at radius 3 is 2.71 bits per heavy atom. The summed E-state index contributed by atoms with van der Waals surface area (Å²) in [5, 5.41) is 3.22. The summed E-state index contributed by atoms with van der Waals surface area (Å²) in [5.41, 5.74) is 0.834. The standard InChI is InChI=1S/C13H25N3O4S/c1-11(2)14-9-12-8-13(10-15-12)21(17,18)16-4-5-20-7-6-19-3/h8,10-11,14-16H,4-7,9H2,1-3H3. The first kappa shape index (κ1) is 18.1. The van der Waals surface area contributed by atoms with Crippen molar-refractivity contribution in [1.29, 1.82) is 0 Å². The van der Waals surface area contributed by atoms with Gasteiger partial charge in [-0.2, -0.15) is 0 Å². The molecule has 1 aromatic rings. The lowest BCUT2D eigenvalue weighted by Crippen LogP contribution is -2.27. The first-order valence-corrected chi connectivity index (χ1v) is 8.41. The van der Waals surface area contributed by atoms with Crippen molar-refractivity contribution in [3.8, 4) is 0 Å². The van der Waals surface area contributed by atoms with Gasteiger partial charge in [0.25, 0.3) is 0 Å². The summed E-state index contributed by atoms with van der Waals surface area (Å²) in [7, 11) is -1.90. The molecule has 7 nitrogen and oxygen atoms in total. The van der Waals surface area contributed by atoms with Crippen LogP contribution in [-0.4, -0.2) is 52.9 Å². The molecule has 0 saturated carbocycles. The zero-order chi connectivity index (χ0) is 15.7. The number of ether oxygens (including phenoxy) is 2. The van der Waals surface area contributed by atoms with Crippen LogP contribution in [0.25, 0.3) is 0 Å². The van der Waals surface area contributed by atoms with E-state index in [4.69, 9.17) is 9.47 Å². The third-order valence-electron chi connectivity index (χ3n) is 2.70. The van der Waals surface area contributed by atoms with Gasteiger partial charge in [-0.3, -0.25) is 0 Å². The fraction of sp³-hybridized carbons (Fsp3) is 0.692. The normalized spacial score (nSPS) is 12.2. The number of aromatic amines is 1. The number of sulfonamides is 1. The van der Waals surface area contributed by atoms with Crippen molar-refractivity contribution in [3.05, 3.63) is 18.0 Å². The Bertz CT molecular complexity index is 499. The van der Waals surface area contributed by atoms with Crippen LogP contribution in [0.2, 0.25) is 0 Å². The van der Waals surface area contributed by atoms with Crippen molar-refractivity contribution < 1.29 is 17.9 Å². The topological polar surface area (TPSA) is 92.4 Å². The summed E-state index contributed by atoms with van der Waals surface area (Å²) >= 11 is 0. The van der Waals surface area contributed by atoms with E-state index in [1.807, 2.05) is 13.8 Å². The molecule has 1 rings (SSSR count). The molecule has 8 heteroatoms. The smallest absolute Gasteiger partial charge is 0.242 e. The third-order valence-corrected chi connectivity index (χ3v) is 4.14. The number of aromatic nitrogens is 1. The molecule has 21 heavy (non-hydrogen) atoms. The van der Waals surface area contributed by atoms with Crippen molar-refractivity contribution in [2.45, 2.75) is 31.3 Å². The molecule has 0 saturated heterocycles. The molecular weight excluding hydrogens is 294 g/mol. The highest BCUT2D eigenvalue weighted by molar-refractivity contribution is 7.89. The van der Waals surface area contributed by atoms with Crippen molar-refractivity contribution in [3.63, 3.8) is 0 Å². The minimum absolute atomic E-state index is 0.233. The molecule has 0 atom stereocenters. The van der Waals surface area contributed by atoms with Gasteiger partial charge in [0.05, 0.1) is 24.7 Å². The second-order valence-corrected chi connectivity index (χ2v) is 6.67. The van der Waals surface area contributed by atoms with Crippen LogP contribution >= 0.6 is 0 Å². The predicted octanol–water partition coefficient (Wildman–Crippen LogP) is 0.454. The largest absolute Gasteiger partial charge is 0.382 e. The van der Waals surface area contributed by atoms with E-state index in [1.165, 1.54) is 6.20 Å². The lowest BCUT2D eigenvalue weighted by atomic mass is 10.3. The molecule has 0 unspecified atom stereocenters. The molecule has 0 aromatic carbocycles. The lowest BCUT2D eigenvalue weighted by Gasteiger charge is -2.06. The van der Waals surface area contributed by atoms with Gasteiger partial charge in [0, 0.05) is 38.1 Å². The summed E-state index contributed by atoms with van der Waals surface area (Å²) < 4.78 is 36.6. The number of rotatable bonds is 11. The average Bonchev–Trinajstić information content (AvgIpc) is 2.90. The van der Waals surface area contributed by atoms with Gasteiger partial charge < -0.3 is 19.8 Å². The second-order valence-electron chi connectivity index (χ2n) is 4.90. The zero-order valence-corrected chi connectivity index (χ0v) is 13.6. The minimum atomic E-state index is -3.49. The van der Waals surface area contributed by atoms with E-state index in [0.29, 0.717) is 32.4 Å². The zero-order valence-electron chi connectivity index (χ0n) is 12.8. The molecule has 0 fully saturated rings. The number of hydrogen-bond acceptors (Lipinski definition) is 5. The maximum absolute atomic E-state index is 12.0. The monoisotopic (exact) mass is 319 g/mol. The number of H-pyrrole nitrogens is 1. The van der Waals surface area contributed by atoms with E-state index in [-0.39, 0.29) is 11.4 Å². The molecule has 0 bridgehead atoms. The molecule has 0 aliphatic carbocycles. The van der Waals surface area contributed by atoms with Gasteiger partial charge in [-0.25, -0.2) is 13.1 Å². The van der Waals surface area contributed by atoms with Gasteiger partial charge in [0.15, 0.2) is 0 Å². The Morgan fingerprint density at radius 2 is 2.05 bits per heavy atom. The summed E-state index contributed by atoms with van der Waals surface area (Å²) in [6, 6.07) is 1.97. The van der Waals surface area contributed by atoms with Gasteiger partial charge in [-0.1, -0.05) is 13.8 Å². The van der Waals surface area contributed by atoms with E-state index in [9.17, 15) is 8.42 Å². The van der Waals surface area contributed by atoms with Crippen LogP contribution in [0.15, 0.2) is 17.2 Å². The molecule has 0 amide bonds. The lowest BCUT2D eigenvalue weighted by molar-refractivity contribution is 0.0736. The van der Waals surface area contributed by atoms with Crippen LogP contribution in [0.5, 0.6) is 0 Å². The van der Waals surface area contributed by atoms with Gasteiger partial charge >= 0.3 is 0 Å². The van der Waals surface area contributed by atoms with E-state index in [2.05, 4.69) is 15.0 Å². The molecule has 1 aromatic heterocycles. The van der Waals surface area contributed by atoms with E-state index in [1.54, 1.807) is 13.2 Å². The van der Waals surface area contributed by atoms with Crippen LogP contribution < -0.4 is 10.0 Å². The quantitative estimate of drug-likeness (QED) is 0.515. The number of hydrogen-bond donors (Lipinski definition) is 3. The van der Waals surface area contributed by atoms with Crippen molar-refractivity contribution in [2.75, 3.05) is 33.5 Å². The Hall–Kier alpha value is -0.930. The summed E-state index contributed by atoms with van der Waals surface area (Å²) in [6.07, 6.45) is 1.49. The van der Waals surface area contributed by atoms with Crippen LogP contribution in [-0.2, 0) is 26.0 Å². The fourth-order valence-electron chi connectivity index (χ4n) is 1.57. The van der Waals surface area contributed by atoms with E-state index in [0.717, 1.165) is 5.69 Å². The Balaban J connectivity index is 2.40. The van der Waals surface area contributed by atoms with Gasteiger partial charge in [0.2, 0.25) is 10.0 Å². The molecule has 3 N–H and O–H groups in total. The highest BCUT2D eigenvalue weighted by Gasteiger charge is 2.15. The Labute approximate surface area is 126 Å². The summed E-state index contributed by atoms with van der Waals surface area (Å²) in [5.74, 6) is 0. The maximum atomic E-state index is 12.0. The molecular formula is C13H25N3O4S. The first-order valence-electron chi connectivity index (χ1n) is 6.92. The molecule has 0 spiro atoms. The number of nitrogens with one attached hydrogen (secondary N) is 3. The highest BCUT2D eigenvalue weighted by atomic mass is 32.2. The van der Waals surface area contributed by atoms with E-state index >= 15 is 0 Å². The molecule has 122 valence electrons. The van der Waals surface area contributed by atoms with Gasteiger partial charge in [-0.15, -0.1) is 0 Å². The molecule has 0 radical (unpaired) electrons.